The SMILES string of the molecule is CN(N)C(N=N)c1ccc(N)cc1. The molecule has 1 unspecified atom stereocenters. The lowest BCUT2D eigenvalue weighted by molar-refractivity contribution is 0.248. The molecule has 0 amide bonds. The normalized spacial score (nSPS) is 12.8. The zero-order chi connectivity index (χ0) is 9.84. The van der Waals surface area contributed by atoms with Crippen LogP contribution in [0.25, 0.3) is 0 Å². The van der Waals surface area contributed by atoms with Crippen LogP contribution in [0.4, 0.5) is 5.69 Å². The van der Waals surface area contributed by atoms with Crippen molar-refractivity contribution in [3.05, 3.63) is 29.8 Å². The fraction of sp³-hybridized carbons (Fsp3) is 0.250. The summed E-state index contributed by atoms with van der Waals surface area (Å²) in [6.07, 6.45) is -0.430. The Balaban J connectivity index is 2.92. The first-order valence-electron chi connectivity index (χ1n) is 3.84. The van der Waals surface area contributed by atoms with Crippen molar-refractivity contribution < 1.29 is 0 Å². The number of hydrogen-bond donors (Lipinski definition) is 3. The van der Waals surface area contributed by atoms with Gasteiger partial charge in [-0.2, -0.15) is 5.11 Å². The van der Waals surface area contributed by atoms with Gasteiger partial charge < -0.3 is 5.73 Å². The average Bonchev–Trinajstić information content (AvgIpc) is 2.09. The lowest BCUT2D eigenvalue weighted by atomic mass is 10.1. The van der Waals surface area contributed by atoms with Gasteiger partial charge in [0.05, 0.1) is 0 Å². The van der Waals surface area contributed by atoms with E-state index >= 15 is 0 Å². The van der Waals surface area contributed by atoms with Crippen molar-refractivity contribution in [3.8, 4) is 0 Å². The molecule has 0 aliphatic heterocycles. The molecule has 13 heavy (non-hydrogen) atoms. The van der Waals surface area contributed by atoms with E-state index in [1.165, 1.54) is 5.01 Å². The third kappa shape index (κ3) is 2.24. The molecule has 0 radical (unpaired) electrons. The van der Waals surface area contributed by atoms with Crippen LogP contribution in [0.5, 0.6) is 0 Å². The zero-order valence-electron chi connectivity index (χ0n) is 7.44. The van der Waals surface area contributed by atoms with E-state index in [9.17, 15) is 0 Å². The van der Waals surface area contributed by atoms with E-state index in [2.05, 4.69) is 5.11 Å². The molecule has 0 fully saturated rings. The van der Waals surface area contributed by atoms with E-state index in [-0.39, 0.29) is 0 Å². The fourth-order valence-corrected chi connectivity index (χ4v) is 1.07. The topological polar surface area (TPSA) is 91.5 Å². The van der Waals surface area contributed by atoms with Gasteiger partial charge in [-0.05, 0) is 17.7 Å². The molecule has 70 valence electrons. The summed E-state index contributed by atoms with van der Waals surface area (Å²) in [6, 6.07) is 7.14. The lowest BCUT2D eigenvalue weighted by Gasteiger charge is -2.18. The van der Waals surface area contributed by atoms with Gasteiger partial charge in [-0.15, -0.1) is 0 Å². The van der Waals surface area contributed by atoms with Crippen LogP contribution in [-0.2, 0) is 0 Å². The number of nitrogens with one attached hydrogen (secondary N) is 1. The van der Waals surface area contributed by atoms with Crippen molar-refractivity contribution in [1.82, 2.24) is 5.01 Å². The van der Waals surface area contributed by atoms with E-state index in [1.54, 1.807) is 31.3 Å². The monoisotopic (exact) mass is 179 g/mol. The third-order valence-electron chi connectivity index (χ3n) is 1.74. The second-order valence-electron chi connectivity index (χ2n) is 2.83. The fourth-order valence-electron chi connectivity index (χ4n) is 1.07. The van der Waals surface area contributed by atoms with Crippen LogP contribution in [0.15, 0.2) is 29.4 Å². The second-order valence-corrected chi connectivity index (χ2v) is 2.83. The molecule has 5 nitrogen and oxygen atoms in total. The summed E-state index contributed by atoms with van der Waals surface area (Å²) < 4.78 is 0. The van der Waals surface area contributed by atoms with Crippen molar-refractivity contribution in [2.45, 2.75) is 6.17 Å². The Hall–Kier alpha value is -1.46. The summed E-state index contributed by atoms with van der Waals surface area (Å²) in [4.78, 5) is 0. The summed E-state index contributed by atoms with van der Waals surface area (Å²) >= 11 is 0. The first-order valence-corrected chi connectivity index (χ1v) is 3.84. The molecule has 0 saturated carbocycles. The molecule has 5 heteroatoms. The van der Waals surface area contributed by atoms with Gasteiger partial charge in [-0.1, -0.05) is 12.1 Å². The van der Waals surface area contributed by atoms with Crippen LogP contribution >= 0.6 is 0 Å². The van der Waals surface area contributed by atoms with Crippen molar-refractivity contribution >= 4 is 5.69 Å². The smallest absolute Gasteiger partial charge is 0.160 e. The summed E-state index contributed by atoms with van der Waals surface area (Å²) in [5, 5.41) is 4.77. The van der Waals surface area contributed by atoms with Gasteiger partial charge in [0.1, 0.15) is 0 Å². The number of benzene rings is 1. The Morgan fingerprint density at radius 2 is 1.92 bits per heavy atom. The Morgan fingerprint density at radius 1 is 1.38 bits per heavy atom. The Labute approximate surface area is 76.8 Å². The number of nitrogens with zero attached hydrogens (tertiary/aromatic N) is 2. The maximum Gasteiger partial charge on any atom is 0.160 e. The summed E-state index contributed by atoms with van der Waals surface area (Å²) in [7, 11) is 1.67. The molecule has 1 aromatic rings. The molecule has 0 aromatic heterocycles. The molecule has 1 atom stereocenters. The summed E-state index contributed by atoms with van der Waals surface area (Å²) in [5.74, 6) is 5.51. The standard InChI is InChI=1S/C8H13N5/c1-13(11)8(12-10)6-2-4-7(9)5-3-6/h2-5,8,10H,9,11H2,1H3. The molecule has 5 N–H and O–H groups in total. The highest BCUT2D eigenvalue weighted by Crippen LogP contribution is 2.18. The van der Waals surface area contributed by atoms with Crippen LogP contribution in [0.2, 0.25) is 0 Å². The van der Waals surface area contributed by atoms with Crippen LogP contribution in [0.1, 0.15) is 11.7 Å². The van der Waals surface area contributed by atoms with Gasteiger partial charge in [-0.3, -0.25) is 5.84 Å². The Morgan fingerprint density at radius 3 is 2.31 bits per heavy atom. The number of hydrogen-bond acceptors (Lipinski definition) is 5. The minimum Gasteiger partial charge on any atom is -0.399 e. The molecular formula is C8H13N5. The summed E-state index contributed by atoms with van der Waals surface area (Å²) in [6.45, 7) is 0. The van der Waals surface area contributed by atoms with E-state index in [0.717, 1.165) is 5.56 Å². The van der Waals surface area contributed by atoms with E-state index in [4.69, 9.17) is 17.1 Å². The zero-order valence-corrected chi connectivity index (χ0v) is 7.44. The van der Waals surface area contributed by atoms with Gasteiger partial charge in [0.2, 0.25) is 0 Å². The van der Waals surface area contributed by atoms with Crippen molar-refractivity contribution in [3.63, 3.8) is 0 Å². The maximum absolute atomic E-state index is 6.95. The molecule has 1 aromatic carbocycles. The number of nitrogen functional groups attached to an aromatic ring is 1. The summed E-state index contributed by atoms with van der Waals surface area (Å²) in [5.41, 5.74) is 14.0. The third-order valence-corrected chi connectivity index (χ3v) is 1.74. The van der Waals surface area contributed by atoms with Crippen LogP contribution < -0.4 is 11.6 Å². The van der Waals surface area contributed by atoms with Crippen molar-refractivity contribution in [2.24, 2.45) is 11.0 Å². The molecule has 0 bridgehead atoms. The lowest BCUT2D eigenvalue weighted by Crippen LogP contribution is -2.29. The van der Waals surface area contributed by atoms with Crippen LogP contribution in [-0.4, -0.2) is 12.1 Å². The first-order chi connectivity index (χ1) is 6.15. The van der Waals surface area contributed by atoms with E-state index in [0.29, 0.717) is 5.69 Å². The predicted molar refractivity (Wildman–Crippen MR) is 50.7 cm³/mol. The minimum absolute atomic E-state index is 0.430. The maximum atomic E-state index is 6.95. The molecular weight excluding hydrogens is 166 g/mol. The van der Waals surface area contributed by atoms with E-state index in [1.807, 2.05) is 0 Å². The van der Waals surface area contributed by atoms with Crippen LogP contribution in [0, 0.1) is 5.53 Å². The van der Waals surface area contributed by atoms with E-state index < -0.39 is 6.17 Å². The van der Waals surface area contributed by atoms with Gasteiger partial charge in [0, 0.05) is 12.7 Å². The minimum atomic E-state index is -0.430. The van der Waals surface area contributed by atoms with Crippen molar-refractivity contribution in [2.75, 3.05) is 12.8 Å². The van der Waals surface area contributed by atoms with Gasteiger partial charge in [-0.25, -0.2) is 10.5 Å². The molecule has 0 aliphatic rings. The van der Waals surface area contributed by atoms with Gasteiger partial charge >= 0.3 is 0 Å². The highest BCUT2D eigenvalue weighted by Gasteiger charge is 2.11. The number of hydrazine groups is 1. The highest BCUT2D eigenvalue weighted by atomic mass is 15.5. The van der Waals surface area contributed by atoms with Crippen LogP contribution in [0.3, 0.4) is 0 Å². The average molecular weight is 179 g/mol. The highest BCUT2D eigenvalue weighted by molar-refractivity contribution is 5.39. The number of nitrogens with two attached hydrogens (primary N) is 2. The van der Waals surface area contributed by atoms with Gasteiger partial charge in [0.25, 0.3) is 0 Å². The van der Waals surface area contributed by atoms with Gasteiger partial charge in [0.15, 0.2) is 6.17 Å². The second kappa shape index (κ2) is 3.97. The molecule has 0 aliphatic carbocycles. The molecule has 1 rings (SSSR count). The Kier molecular flexibility index (Phi) is 2.94. The quantitative estimate of drug-likeness (QED) is 0.281. The van der Waals surface area contributed by atoms with Crippen molar-refractivity contribution in [1.29, 1.82) is 5.53 Å². The molecule has 0 saturated heterocycles. The largest absolute Gasteiger partial charge is 0.399 e. The molecule has 0 spiro atoms. The molecule has 0 heterocycles. The predicted octanol–water partition coefficient (Wildman–Crippen LogP) is 1.10. The first kappa shape index (κ1) is 9.63. The number of anilines is 1. The Bertz CT molecular complexity index is 279. The number of rotatable bonds is 3.